The van der Waals surface area contributed by atoms with E-state index in [4.69, 9.17) is 0 Å². The van der Waals surface area contributed by atoms with E-state index in [-0.39, 0.29) is 29.1 Å². The lowest BCUT2D eigenvalue weighted by atomic mass is 9.95. The lowest BCUT2D eigenvalue weighted by molar-refractivity contribution is -0.126. The zero-order chi connectivity index (χ0) is 20.3. The minimum Gasteiger partial charge on any atom is -0.356 e. The molecule has 4 nitrogen and oxygen atoms in total. The normalized spacial score (nSPS) is 14.8. The molecule has 0 aromatic heterocycles. The number of likely N-dealkylation sites (tertiary alicyclic amines) is 1. The molecule has 2 aromatic rings. The molecule has 0 spiro atoms. The second kappa shape index (κ2) is 8.50. The maximum absolute atomic E-state index is 14.7. The van der Waals surface area contributed by atoms with E-state index >= 15 is 0 Å². The van der Waals surface area contributed by atoms with E-state index in [1.165, 1.54) is 24.3 Å². The van der Waals surface area contributed by atoms with Gasteiger partial charge in [0.2, 0.25) is 5.91 Å². The Kier molecular flexibility index (Phi) is 6.07. The smallest absolute Gasteiger partial charge is 0.253 e. The number of aryl methyl sites for hydroxylation is 1. The Morgan fingerprint density at radius 3 is 2.36 bits per heavy atom. The second-order valence-electron chi connectivity index (χ2n) is 7.11. The van der Waals surface area contributed by atoms with E-state index in [1.54, 1.807) is 24.0 Å². The van der Waals surface area contributed by atoms with Gasteiger partial charge in [-0.2, -0.15) is 0 Å². The molecule has 0 bridgehead atoms. The summed E-state index contributed by atoms with van der Waals surface area (Å²) >= 11 is 0. The summed E-state index contributed by atoms with van der Waals surface area (Å²) < 4.78 is 28.0. The molecule has 1 N–H and O–H groups in total. The van der Waals surface area contributed by atoms with Crippen molar-refractivity contribution >= 4 is 11.8 Å². The van der Waals surface area contributed by atoms with Crippen LogP contribution in [0.1, 0.15) is 35.7 Å². The average Bonchev–Trinajstić information content (AvgIpc) is 2.68. The zero-order valence-corrected chi connectivity index (χ0v) is 16.1. The monoisotopic (exact) mass is 386 g/mol. The Hall–Kier alpha value is -2.76. The molecule has 1 aliphatic heterocycles. The summed E-state index contributed by atoms with van der Waals surface area (Å²) in [7, 11) is 0. The van der Waals surface area contributed by atoms with Crippen molar-refractivity contribution in [2.75, 3.05) is 19.6 Å². The third kappa shape index (κ3) is 4.21. The van der Waals surface area contributed by atoms with Crippen molar-refractivity contribution in [3.05, 3.63) is 59.2 Å². The van der Waals surface area contributed by atoms with Gasteiger partial charge in [0, 0.05) is 36.7 Å². The van der Waals surface area contributed by atoms with Crippen LogP contribution in [0.2, 0.25) is 0 Å². The van der Waals surface area contributed by atoms with E-state index in [9.17, 15) is 18.4 Å². The number of nitrogens with zero attached hydrogens (tertiary/aromatic N) is 1. The minimum atomic E-state index is -0.516. The highest BCUT2D eigenvalue weighted by molar-refractivity contribution is 5.95. The van der Waals surface area contributed by atoms with Crippen molar-refractivity contribution in [1.82, 2.24) is 10.2 Å². The summed E-state index contributed by atoms with van der Waals surface area (Å²) in [5, 5.41) is 2.81. The van der Waals surface area contributed by atoms with Gasteiger partial charge in [-0.05, 0) is 62.1 Å². The number of carbonyl (C=O) groups is 2. The molecule has 0 atom stereocenters. The van der Waals surface area contributed by atoms with Crippen molar-refractivity contribution in [2.45, 2.75) is 26.7 Å². The molecule has 0 saturated carbocycles. The Labute approximate surface area is 163 Å². The number of nitrogens with one attached hydrogen (secondary N) is 1. The average molecular weight is 386 g/mol. The minimum absolute atomic E-state index is 0.0275. The van der Waals surface area contributed by atoms with Gasteiger partial charge in [0.15, 0.2) is 0 Å². The lowest BCUT2D eigenvalue weighted by Gasteiger charge is -2.31. The van der Waals surface area contributed by atoms with Gasteiger partial charge in [-0.25, -0.2) is 8.78 Å². The van der Waals surface area contributed by atoms with E-state index in [0.717, 1.165) is 0 Å². The van der Waals surface area contributed by atoms with Crippen molar-refractivity contribution in [3.8, 4) is 11.1 Å². The fourth-order valence-electron chi connectivity index (χ4n) is 3.64. The molecule has 2 aromatic carbocycles. The standard InChI is InChI=1S/C22H24F2N2O2/c1-3-25-21(27)15-8-10-26(11-9-15)22(28)16-4-6-19(20(24)13-16)18-7-5-17(23)12-14(18)2/h4-7,12-13,15H,3,8-11H2,1-2H3,(H,25,27). The second-order valence-corrected chi connectivity index (χ2v) is 7.11. The molecule has 1 fully saturated rings. The van der Waals surface area contributed by atoms with Gasteiger partial charge in [-0.3, -0.25) is 9.59 Å². The van der Waals surface area contributed by atoms with Gasteiger partial charge in [0.1, 0.15) is 11.6 Å². The first-order chi connectivity index (χ1) is 13.4. The van der Waals surface area contributed by atoms with Crippen LogP contribution >= 0.6 is 0 Å². The third-order valence-corrected chi connectivity index (χ3v) is 5.20. The molecule has 0 aliphatic carbocycles. The Morgan fingerprint density at radius 2 is 1.75 bits per heavy atom. The number of piperidine rings is 1. The number of hydrogen-bond acceptors (Lipinski definition) is 2. The van der Waals surface area contributed by atoms with Gasteiger partial charge in [0.25, 0.3) is 5.91 Å². The van der Waals surface area contributed by atoms with Gasteiger partial charge in [-0.15, -0.1) is 0 Å². The first-order valence-corrected chi connectivity index (χ1v) is 9.53. The topological polar surface area (TPSA) is 49.4 Å². The zero-order valence-electron chi connectivity index (χ0n) is 16.1. The molecule has 1 heterocycles. The molecule has 2 amide bonds. The number of amides is 2. The Balaban J connectivity index is 1.72. The molecule has 1 aliphatic rings. The lowest BCUT2D eigenvalue weighted by Crippen LogP contribution is -2.43. The largest absolute Gasteiger partial charge is 0.356 e. The van der Waals surface area contributed by atoms with Crippen LogP contribution < -0.4 is 5.32 Å². The van der Waals surface area contributed by atoms with Gasteiger partial charge in [0.05, 0.1) is 0 Å². The maximum atomic E-state index is 14.7. The van der Waals surface area contributed by atoms with Crippen LogP contribution in [0.15, 0.2) is 36.4 Å². The molecule has 6 heteroatoms. The Morgan fingerprint density at radius 1 is 1.07 bits per heavy atom. The summed E-state index contributed by atoms with van der Waals surface area (Å²) in [6.07, 6.45) is 1.21. The van der Waals surface area contributed by atoms with E-state index in [0.29, 0.717) is 49.2 Å². The number of benzene rings is 2. The number of rotatable bonds is 4. The van der Waals surface area contributed by atoms with E-state index in [1.807, 2.05) is 6.92 Å². The summed E-state index contributed by atoms with van der Waals surface area (Å²) in [5.41, 5.74) is 1.84. The third-order valence-electron chi connectivity index (χ3n) is 5.20. The fourth-order valence-corrected chi connectivity index (χ4v) is 3.64. The quantitative estimate of drug-likeness (QED) is 0.866. The summed E-state index contributed by atoms with van der Waals surface area (Å²) in [4.78, 5) is 26.3. The van der Waals surface area contributed by atoms with Gasteiger partial charge in [-0.1, -0.05) is 12.1 Å². The highest BCUT2D eigenvalue weighted by atomic mass is 19.1. The van der Waals surface area contributed by atoms with Crippen LogP contribution in [0.25, 0.3) is 11.1 Å². The summed E-state index contributed by atoms with van der Waals surface area (Å²) in [6.45, 7) is 5.14. The SMILES string of the molecule is CCNC(=O)C1CCN(C(=O)c2ccc(-c3ccc(F)cc3C)c(F)c2)CC1. The molecule has 0 radical (unpaired) electrons. The summed E-state index contributed by atoms with van der Waals surface area (Å²) in [6, 6.07) is 8.57. The van der Waals surface area contributed by atoms with Crippen molar-refractivity contribution in [2.24, 2.45) is 5.92 Å². The highest BCUT2D eigenvalue weighted by Crippen LogP contribution is 2.28. The first kappa shape index (κ1) is 20.0. The molecule has 0 unspecified atom stereocenters. The van der Waals surface area contributed by atoms with Crippen molar-refractivity contribution < 1.29 is 18.4 Å². The highest BCUT2D eigenvalue weighted by Gasteiger charge is 2.27. The number of hydrogen-bond donors (Lipinski definition) is 1. The summed E-state index contributed by atoms with van der Waals surface area (Å²) in [5.74, 6) is -1.18. The van der Waals surface area contributed by atoms with Gasteiger partial charge >= 0.3 is 0 Å². The van der Waals surface area contributed by atoms with E-state index < -0.39 is 5.82 Å². The molecule has 28 heavy (non-hydrogen) atoms. The maximum Gasteiger partial charge on any atom is 0.253 e. The van der Waals surface area contributed by atoms with E-state index in [2.05, 4.69) is 5.32 Å². The fraction of sp³-hybridized carbons (Fsp3) is 0.364. The van der Waals surface area contributed by atoms with Crippen LogP contribution in [-0.4, -0.2) is 36.3 Å². The van der Waals surface area contributed by atoms with Crippen LogP contribution in [0.5, 0.6) is 0 Å². The first-order valence-electron chi connectivity index (χ1n) is 9.53. The molecule has 1 saturated heterocycles. The number of halogens is 2. The predicted molar refractivity (Wildman–Crippen MR) is 104 cm³/mol. The van der Waals surface area contributed by atoms with Crippen LogP contribution in [0, 0.1) is 24.5 Å². The Bertz CT molecular complexity index is 890. The van der Waals surface area contributed by atoms with Crippen LogP contribution in [-0.2, 0) is 4.79 Å². The molecular weight excluding hydrogens is 362 g/mol. The van der Waals surface area contributed by atoms with Crippen molar-refractivity contribution in [1.29, 1.82) is 0 Å². The predicted octanol–water partition coefficient (Wildman–Crippen LogP) is 3.93. The van der Waals surface area contributed by atoms with Crippen molar-refractivity contribution in [3.63, 3.8) is 0 Å². The molecule has 148 valence electrons. The van der Waals surface area contributed by atoms with Crippen LogP contribution in [0.3, 0.4) is 0 Å². The van der Waals surface area contributed by atoms with Crippen LogP contribution in [0.4, 0.5) is 8.78 Å². The molecular formula is C22H24F2N2O2. The molecule has 3 rings (SSSR count). The number of carbonyl (C=O) groups excluding carboxylic acids is 2. The van der Waals surface area contributed by atoms with Gasteiger partial charge < -0.3 is 10.2 Å².